The van der Waals surface area contributed by atoms with E-state index in [0.717, 1.165) is 24.2 Å². The fourth-order valence-corrected chi connectivity index (χ4v) is 3.97. The third-order valence-corrected chi connectivity index (χ3v) is 5.41. The molecule has 0 spiro atoms. The molecule has 2 bridgehead atoms. The van der Waals surface area contributed by atoms with Gasteiger partial charge in [0.15, 0.2) is 0 Å². The lowest BCUT2D eigenvalue weighted by atomic mass is 9.68. The highest BCUT2D eigenvalue weighted by atomic mass is 16.7. The van der Waals surface area contributed by atoms with E-state index >= 15 is 0 Å². The average molecular weight is 363 g/mol. The number of carbonyl (C=O) groups is 1. The Bertz CT molecular complexity index is 667. The van der Waals surface area contributed by atoms with Crippen LogP contribution in [0.25, 0.3) is 0 Å². The van der Waals surface area contributed by atoms with Crippen LogP contribution in [0.5, 0.6) is 0 Å². The Balaban J connectivity index is 1.48. The van der Waals surface area contributed by atoms with Gasteiger partial charge in [-0.1, -0.05) is 6.07 Å². The number of nitrogens with one attached hydrogen (secondary N) is 1. The zero-order chi connectivity index (χ0) is 18.1. The van der Waals surface area contributed by atoms with E-state index in [1.165, 1.54) is 0 Å². The number of anilines is 1. The Morgan fingerprint density at radius 2 is 2.08 bits per heavy atom. The van der Waals surface area contributed by atoms with E-state index in [1.807, 2.05) is 12.1 Å². The smallest absolute Gasteiger partial charge is 0.248 e. The van der Waals surface area contributed by atoms with Crippen LogP contribution in [0.2, 0.25) is 0 Å². The molecule has 0 unspecified atom stereocenters. The first-order chi connectivity index (χ1) is 12.6. The van der Waals surface area contributed by atoms with Gasteiger partial charge in [-0.05, 0) is 6.07 Å². The molecule has 0 aromatic carbocycles. The fourth-order valence-electron chi connectivity index (χ4n) is 3.97. The van der Waals surface area contributed by atoms with Gasteiger partial charge in [-0.15, -0.1) is 0 Å². The topological polar surface area (TPSA) is 82.2 Å². The molecule has 142 valence electrons. The monoisotopic (exact) mass is 363 g/mol. The molecule has 5 rings (SSSR count). The third-order valence-electron chi connectivity index (χ3n) is 5.41. The summed E-state index contributed by atoms with van der Waals surface area (Å²) in [5.74, 6) is 0.817. The molecule has 0 radical (unpaired) electrons. The van der Waals surface area contributed by atoms with Gasteiger partial charge in [0.1, 0.15) is 18.0 Å². The second-order valence-electron chi connectivity index (χ2n) is 6.96. The molecule has 1 aromatic heterocycles. The second-order valence-corrected chi connectivity index (χ2v) is 6.96. The number of methoxy groups -OCH3 is 2. The van der Waals surface area contributed by atoms with Crippen LogP contribution < -0.4 is 5.32 Å². The van der Waals surface area contributed by atoms with Crippen molar-refractivity contribution < 1.29 is 23.7 Å². The van der Waals surface area contributed by atoms with Crippen molar-refractivity contribution in [1.29, 1.82) is 0 Å². The van der Waals surface area contributed by atoms with Crippen molar-refractivity contribution in [3.63, 3.8) is 0 Å². The molecule has 8 nitrogen and oxygen atoms in total. The number of amides is 1. The van der Waals surface area contributed by atoms with Crippen molar-refractivity contribution in [2.24, 2.45) is 0 Å². The lowest BCUT2D eigenvalue weighted by Crippen LogP contribution is -2.56. The van der Waals surface area contributed by atoms with E-state index in [9.17, 15) is 4.79 Å². The van der Waals surface area contributed by atoms with Crippen LogP contribution >= 0.6 is 0 Å². The van der Waals surface area contributed by atoms with Crippen LogP contribution in [-0.4, -0.2) is 69.0 Å². The summed E-state index contributed by atoms with van der Waals surface area (Å²) in [6.45, 7) is 2.55. The molecule has 1 aromatic rings. The molecule has 0 atom stereocenters. The van der Waals surface area contributed by atoms with Gasteiger partial charge in [0.2, 0.25) is 12.2 Å². The van der Waals surface area contributed by atoms with E-state index in [1.54, 1.807) is 19.1 Å². The van der Waals surface area contributed by atoms with Gasteiger partial charge >= 0.3 is 0 Å². The number of aromatic nitrogens is 1. The number of rotatable bonds is 6. The van der Waals surface area contributed by atoms with Crippen LogP contribution in [0.1, 0.15) is 30.4 Å². The quantitative estimate of drug-likeness (QED) is 0.756. The van der Waals surface area contributed by atoms with Gasteiger partial charge in [0.25, 0.3) is 0 Å². The molecule has 2 fully saturated rings. The normalized spacial score (nSPS) is 26.9. The van der Waals surface area contributed by atoms with Crippen LogP contribution in [0.15, 0.2) is 12.1 Å². The molecule has 4 heterocycles. The molecule has 8 heteroatoms. The number of ether oxygens (including phenoxy) is 4. The highest BCUT2D eigenvalue weighted by Gasteiger charge is 2.52. The number of nitrogens with zero attached hydrogens (tertiary/aromatic N) is 2. The van der Waals surface area contributed by atoms with Crippen molar-refractivity contribution in [2.45, 2.75) is 30.8 Å². The Kier molecular flexibility index (Phi) is 4.83. The average Bonchev–Trinajstić information content (AvgIpc) is 2.66. The lowest BCUT2D eigenvalue weighted by Gasteiger charge is -2.52. The molecule has 26 heavy (non-hydrogen) atoms. The summed E-state index contributed by atoms with van der Waals surface area (Å²) >= 11 is 0. The van der Waals surface area contributed by atoms with Crippen LogP contribution in [0, 0.1) is 0 Å². The minimum absolute atomic E-state index is 0.0228. The molecule has 1 N–H and O–H groups in total. The number of hydrogen-bond acceptors (Lipinski definition) is 7. The van der Waals surface area contributed by atoms with Crippen molar-refractivity contribution in [2.75, 3.05) is 52.4 Å². The predicted molar refractivity (Wildman–Crippen MR) is 92.7 cm³/mol. The van der Waals surface area contributed by atoms with Crippen LogP contribution in [0.3, 0.4) is 0 Å². The zero-order valence-electron chi connectivity index (χ0n) is 15.2. The molecule has 3 aliphatic heterocycles. The first-order valence-electron chi connectivity index (χ1n) is 8.98. The maximum absolute atomic E-state index is 12.4. The van der Waals surface area contributed by atoms with Crippen molar-refractivity contribution in [3.8, 4) is 0 Å². The maximum atomic E-state index is 12.4. The third kappa shape index (κ3) is 3.07. The fraction of sp³-hybridized carbons (Fsp3) is 0.667. The van der Waals surface area contributed by atoms with E-state index in [-0.39, 0.29) is 12.5 Å². The summed E-state index contributed by atoms with van der Waals surface area (Å²) in [4.78, 5) is 18.9. The Morgan fingerprint density at radius 1 is 1.35 bits per heavy atom. The number of morpholine rings is 1. The summed E-state index contributed by atoms with van der Waals surface area (Å²) in [6, 6.07) is 4.23. The summed E-state index contributed by atoms with van der Waals surface area (Å²) in [5, 5.41) is 3.43. The highest BCUT2D eigenvalue weighted by Crippen LogP contribution is 2.52. The van der Waals surface area contributed by atoms with Crippen molar-refractivity contribution in [3.05, 3.63) is 23.4 Å². The molecule has 1 amide bonds. The van der Waals surface area contributed by atoms with Gasteiger partial charge in [0.05, 0.1) is 18.9 Å². The standard InChI is InChI=1S/C18H25N3O5/c1-23-17(24-2)14-4-3-13-16(20-14)19-12-9-18(13,10-12)26-11-15(22)21-5-7-25-8-6-21/h3-4,12,17H,5-11H2,1-2H3,(H,19,20). The van der Waals surface area contributed by atoms with Crippen molar-refractivity contribution in [1.82, 2.24) is 9.88 Å². The predicted octanol–water partition coefficient (Wildman–Crippen LogP) is 1.03. The van der Waals surface area contributed by atoms with Gasteiger partial charge < -0.3 is 29.2 Å². The summed E-state index contributed by atoms with van der Waals surface area (Å²) in [5.41, 5.74) is 1.29. The molecular formula is C18H25N3O5. The Hall–Kier alpha value is -1.74. The molecule has 1 aliphatic carbocycles. The highest BCUT2D eigenvalue weighted by molar-refractivity contribution is 5.77. The van der Waals surface area contributed by atoms with E-state index < -0.39 is 11.9 Å². The lowest BCUT2D eigenvalue weighted by molar-refractivity contribution is -0.159. The molecular weight excluding hydrogens is 338 g/mol. The first kappa shape index (κ1) is 17.7. The summed E-state index contributed by atoms with van der Waals surface area (Å²) in [6.07, 6.45) is 1.21. The largest absolute Gasteiger partial charge is 0.378 e. The van der Waals surface area contributed by atoms with Crippen molar-refractivity contribution >= 4 is 11.7 Å². The van der Waals surface area contributed by atoms with Gasteiger partial charge in [-0.3, -0.25) is 4.79 Å². The van der Waals surface area contributed by atoms with Crippen LogP contribution in [-0.2, 0) is 29.3 Å². The molecule has 1 saturated carbocycles. The zero-order valence-corrected chi connectivity index (χ0v) is 15.2. The van der Waals surface area contributed by atoms with E-state index in [4.69, 9.17) is 18.9 Å². The van der Waals surface area contributed by atoms with E-state index in [0.29, 0.717) is 38.0 Å². The Labute approximate surface area is 152 Å². The molecule has 1 saturated heterocycles. The minimum atomic E-state index is -0.500. The first-order valence-corrected chi connectivity index (χ1v) is 8.98. The number of carbonyl (C=O) groups excluding carboxylic acids is 1. The van der Waals surface area contributed by atoms with Gasteiger partial charge in [-0.25, -0.2) is 4.98 Å². The van der Waals surface area contributed by atoms with Gasteiger partial charge in [0, 0.05) is 51.8 Å². The van der Waals surface area contributed by atoms with E-state index in [2.05, 4.69) is 10.3 Å². The number of pyridine rings is 1. The molecule has 4 aliphatic rings. The SMILES string of the molecule is COC(OC)c1ccc2c(n1)NC1CC2(OCC(=O)N2CCOCC2)C1. The minimum Gasteiger partial charge on any atom is -0.378 e. The van der Waals surface area contributed by atoms with Gasteiger partial charge in [-0.2, -0.15) is 0 Å². The maximum Gasteiger partial charge on any atom is 0.248 e. The van der Waals surface area contributed by atoms with Crippen LogP contribution in [0.4, 0.5) is 5.82 Å². The number of hydrogen-bond donors (Lipinski definition) is 1. The second kappa shape index (κ2) is 7.11. The summed E-state index contributed by atoms with van der Waals surface area (Å²) in [7, 11) is 3.17. The Morgan fingerprint density at radius 3 is 2.77 bits per heavy atom. The summed E-state index contributed by atoms with van der Waals surface area (Å²) < 4.78 is 22.0.